The summed E-state index contributed by atoms with van der Waals surface area (Å²) in [5.41, 5.74) is 0.770. The van der Waals surface area contributed by atoms with Crippen LogP contribution in [0.15, 0.2) is 23.5 Å². The zero-order valence-electron chi connectivity index (χ0n) is 8.54. The second-order valence-corrected chi connectivity index (χ2v) is 4.77. The molecule has 0 unspecified atom stereocenters. The molecule has 0 atom stereocenters. The van der Waals surface area contributed by atoms with Crippen molar-refractivity contribution in [2.75, 3.05) is 24.3 Å². The van der Waals surface area contributed by atoms with E-state index in [0.29, 0.717) is 6.61 Å². The molecule has 2 rings (SSSR count). The van der Waals surface area contributed by atoms with Crippen LogP contribution in [0.5, 0.6) is 0 Å². The van der Waals surface area contributed by atoms with Crippen LogP contribution in [0.1, 0.15) is 0 Å². The van der Waals surface area contributed by atoms with Crippen molar-refractivity contribution in [1.82, 2.24) is 19.8 Å². The van der Waals surface area contributed by atoms with Gasteiger partial charge in [0.1, 0.15) is 0 Å². The monoisotopic (exact) mass is 302 g/mol. The minimum absolute atomic E-state index is 0.708. The second kappa shape index (κ2) is 6.17. The number of thioether (sulfide) groups is 1. The molecule has 2 aromatic heterocycles. The van der Waals surface area contributed by atoms with Crippen LogP contribution in [0, 0.1) is 0 Å². The highest BCUT2D eigenvalue weighted by atomic mass is 79.9. The number of rotatable bonds is 6. The molecule has 0 amide bonds. The van der Waals surface area contributed by atoms with Crippen LogP contribution in [0.25, 0.3) is 5.65 Å². The van der Waals surface area contributed by atoms with E-state index >= 15 is 0 Å². The quantitative estimate of drug-likeness (QED) is 0.461. The summed E-state index contributed by atoms with van der Waals surface area (Å²) in [6.45, 7) is 1.44. The van der Waals surface area contributed by atoms with E-state index in [1.165, 1.54) is 4.63 Å². The van der Waals surface area contributed by atoms with Gasteiger partial charge in [-0.3, -0.25) is 0 Å². The number of hydrogen-bond donors (Lipinski definition) is 0. The van der Waals surface area contributed by atoms with Crippen LogP contribution in [0.2, 0.25) is 0 Å². The molecule has 0 aliphatic carbocycles. The van der Waals surface area contributed by atoms with Crippen LogP contribution in [0.4, 0.5) is 0 Å². The molecule has 0 bridgehead atoms. The molecule has 0 aliphatic heterocycles. The van der Waals surface area contributed by atoms with Gasteiger partial charge in [0.05, 0.1) is 13.2 Å². The van der Waals surface area contributed by atoms with Crippen LogP contribution in [-0.2, 0) is 4.74 Å². The molecule has 0 N–H and O–H groups in total. The van der Waals surface area contributed by atoms with Crippen LogP contribution >= 0.6 is 27.7 Å². The zero-order chi connectivity index (χ0) is 11.2. The van der Waals surface area contributed by atoms with Crippen molar-refractivity contribution in [2.45, 2.75) is 5.16 Å². The Morgan fingerprint density at radius 2 is 2.38 bits per heavy atom. The Labute approximate surface area is 106 Å². The van der Waals surface area contributed by atoms with Gasteiger partial charge in [-0.15, -0.1) is 9.73 Å². The highest BCUT2D eigenvalue weighted by Crippen LogP contribution is 2.13. The van der Waals surface area contributed by atoms with Gasteiger partial charge in [-0.05, 0) is 12.1 Å². The summed E-state index contributed by atoms with van der Waals surface area (Å²) in [5.74, 6) is 0.851. The number of halogens is 1. The summed E-state index contributed by atoms with van der Waals surface area (Å²) in [6.07, 6.45) is 1.69. The van der Waals surface area contributed by atoms with Crippen molar-refractivity contribution >= 4 is 33.3 Å². The van der Waals surface area contributed by atoms with Gasteiger partial charge >= 0.3 is 0 Å². The molecule has 86 valence electrons. The lowest BCUT2D eigenvalue weighted by molar-refractivity contribution is 0.168. The molecule has 0 saturated heterocycles. The van der Waals surface area contributed by atoms with Crippen LogP contribution in [0.3, 0.4) is 0 Å². The molecule has 0 radical (unpaired) electrons. The first kappa shape index (κ1) is 11.8. The molecule has 0 spiro atoms. The first-order valence-electron chi connectivity index (χ1n) is 4.85. The molecular weight excluding hydrogens is 292 g/mol. The van der Waals surface area contributed by atoms with E-state index in [-0.39, 0.29) is 0 Å². The first-order chi connectivity index (χ1) is 7.90. The van der Waals surface area contributed by atoms with E-state index in [0.717, 1.165) is 28.5 Å². The van der Waals surface area contributed by atoms with E-state index in [1.54, 1.807) is 18.0 Å². The summed E-state index contributed by atoms with van der Waals surface area (Å²) < 4.78 is 6.86. The Morgan fingerprint density at radius 1 is 1.44 bits per heavy atom. The van der Waals surface area contributed by atoms with Gasteiger partial charge in [0, 0.05) is 17.3 Å². The van der Waals surface area contributed by atoms with E-state index in [9.17, 15) is 0 Å². The number of alkyl halides is 1. The van der Waals surface area contributed by atoms with Gasteiger partial charge in [0.2, 0.25) is 5.16 Å². The van der Waals surface area contributed by atoms with Gasteiger partial charge in [-0.25, -0.2) is 0 Å². The summed E-state index contributed by atoms with van der Waals surface area (Å²) in [6, 6.07) is 3.73. The summed E-state index contributed by atoms with van der Waals surface area (Å²) in [4.78, 5) is 4.32. The maximum absolute atomic E-state index is 5.33. The SMILES string of the molecule is BrCCOCCSc1nc2cccnn2n1. The van der Waals surface area contributed by atoms with Gasteiger partial charge in [0.25, 0.3) is 0 Å². The highest BCUT2D eigenvalue weighted by Gasteiger charge is 2.03. The van der Waals surface area contributed by atoms with Gasteiger partial charge in [-0.2, -0.15) is 10.1 Å². The van der Waals surface area contributed by atoms with Crippen molar-refractivity contribution in [3.63, 3.8) is 0 Å². The maximum Gasteiger partial charge on any atom is 0.211 e. The minimum Gasteiger partial charge on any atom is -0.380 e. The van der Waals surface area contributed by atoms with Crippen LogP contribution in [-0.4, -0.2) is 44.1 Å². The molecule has 0 aromatic carbocycles. The Kier molecular flexibility index (Phi) is 4.55. The summed E-state index contributed by atoms with van der Waals surface area (Å²) in [5, 5.41) is 9.88. The van der Waals surface area contributed by atoms with E-state index in [4.69, 9.17) is 4.74 Å². The fourth-order valence-electron chi connectivity index (χ4n) is 1.13. The third-order valence-electron chi connectivity index (χ3n) is 1.78. The Bertz CT molecular complexity index is 417. The lowest BCUT2D eigenvalue weighted by Crippen LogP contribution is -2.00. The van der Waals surface area contributed by atoms with Crippen molar-refractivity contribution in [1.29, 1.82) is 0 Å². The van der Waals surface area contributed by atoms with E-state index in [1.807, 2.05) is 12.1 Å². The number of hydrogen-bond acceptors (Lipinski definition) is 5. The standard InChI is InChI=1S/C9H11BrN4OS/c10-3-5-15-6-7-16-9-12-8-2-1-4-11-14(8)13-9/h1-2,4H,3,5-7H2. The fourth-order valence-corrected chi connectivity index (χ4v) is 2.03. The zero-order valence-corrected chi connectivity index (χ0v) is 10.9. The van der Waals surface area contributed by atoms with Gasteiger partial charge < -0.3 is 4.74 Å². The predicted octanol–water partition coefficient (Wildman–Crippen LogP) is 1.63. The first-order valence-corrected chi connectivity index (χ1v) is 6.95. The molecule has 2 heterocycles. The third-order valence-corrected chi connectivity index (χ3v) is 2.91. The molecule has 16 heavy (non-hydrogen) atoms. The third kappa shape index (κ3) is 3.16. The van der Waals surface area contributed by atoms with Crippen molar-refractivity contribution < 1.29 is 4.74 Å². The second-order valence-electron chi connectivity index (χ2n) is 2.92. The predicted molar refractivity (Wildman–Crippen MR) is 66.1 cm³/mol. The lowest BCUT2D eigenvalue weighted by Gasteiger charge is -1.98. The molecule has 5 nitrogen and oxygen atoms in total. The Balaban J connectivity index is 1.85. The Morgan fingerprint density at radius 3 is 3.19 bits per heavy atom. The van der Waals surface area contributed by atoms with Crippen molar-refractivity contribution in [3.8, 4) is 0 Å². The average molecular weight is 303 g/mol. The lowest BCUT2D eigenvalue weighted by atomic mass is 10.6. The molecule has 2 aromatic rings. The maximum atomic E-state index is 5.33. The highest BCUT2D eigenvalue weighted by molar-refractivity contribution is 9.09. The molecule has 7 heteroatoms. The van der Waals surface area contributed by atoms with E-state index in [2.05, 4.69) is 31.1 Å². The smallest absolute Gasteiger partial charge is 0.211 e. The van der Waals surface area contributed by atoms with Crippen LogP contribution < -0.4 is 0 Å². The minimum atomic E-state index is 0.708. The number of nitrogens with zero attached hydrogens (tertiary/aromatic N) is 4. The molecule has 0 fully saturated rings. The normalized spacial score (nSPS) is 11.1. The molecular formula is C9H11BrN4OS. The number of fused-ring (bicyclic) bond motifs is 1. The molecule has 0 aliphatic rings. The Hall–Kier alpha value is -0.660. The largest absolute Gasteiger partial charge is 0.380 e. The number of ether oxygens (including phenoxy) is 1. The fraction of sp³-hybridized carbons (Fsp3) is 0.444. The van der Waals surface area contributed by atoms with Crippen molar-refractivity contribution in [2.24, 2.45) is 0 Å². The van der Waals surface area contributed by atoms with Gasteiger partial charge in [-0.1, -0.05) is 27.7 Å². The molecule has 0 saturated carbocycles. The topological polar surface area (TPSA) is 52.3 Å². The number of aromatic nitrogens is 4. The van der Waals surface area contributed by atoms with E-state index < -0.39 is 0 Å². The summed E-state index contributed by atoms with van der Waals surface area (Å²) >= 11 is 4.87. The van der Waals surface area contributed by atoms with Crippen molar-refractivity contribution in [3.05, 3.63) is 18.3 Å². The van der Waals surface area contributed by atoms with Gasteiger partial charge in [0.15, 0.2) is 5.65 Å². The average Bonchev–Trinajstić information content (AvgIpc) is 2.71. The summed E-state index contributed by atoms with van der Waals surface area (Å²) in [7, 11) is 0.